The summed E-state index contributed by atoms with van der Waals surface area (Å²) in [6.07, 6.45) is 0.637. The van der Waals surface area contributed by atoms with Gasteiger partial charge in [-0.2, -0.15) is 5.26 Å². The van der Waals surface area contributed by atoms with E-state index in [-0.39, 0.29) is 90.9 Å². The van der Waals surface area contributed by atoms with Crippen LogP contribution >= 0.6 is 0 Å². The molecular formula is C52H64F6N8O9. The molecule has 4 N–H and O–H groups in total. The van der Waals surface area contributed by atoms with Crippen molar-refractivity contribution in [1.29, 1.82) is 5.26 Å². The number of nitrogens with zero attached hydrogens (tertiary/aromatic N) is 5. The molecule has 4 saturated heterocycles. The highest BCUT2D eigenvalue weighted by atomic mass is 19.2. The van der Waals surface area contributed by atoms with E-state index in [0.717, 1.165) is 0 Å². The fourth-order valence-electron chi connectivity index (χ4n) is 10.6. The van der Waals surface area contributed by atoms with Gasteiger partial charge in [-0.3, -0.25) is 24.0 Å². The van der Waals surface area contributed by atoms with Crippen molar-refractivity contribution in [2.24, 2.45) is 28.4 Å². The van der Waals surface area contributed by atoms with E-state index in [0.29, 0.717) is 95.5 Å². The number of carbonyl (C=O) groups excluding carboxylic acids is 7. The number of fused-ring (bicyclic) bond motifs is 2. The number of nitrogens with two attached hydrogens (primary N) is 1. The molecule has 0 radical (unpaired) electrons. The minimum Gasteiger partial charge on any atom is -0.444 e. The summed E-state index contributed by atoms with van der Waals surface area (Å²) < 4.78 is 93.7. The van der Waals surface area contributed by atoms with Gasteiger partial charge in [0.25, 0.3) is 0 Å². The Kier molecular flexibility index (Phi) is 16.1. The lowest BCUT2D eigenvalue weighted by Crippen LogP contribution is -2.47. The smallest absolute Gasteiger partial charge is 0.407 e. The Hall–Kier alpha value is -6.60. The lowest BCUT2D eigenvalue weighted by atomic mass is 10.0. The lowest BCUT2D eigenvalue weighted by molar-refractivity contribution is -0.143. The molecule has 6 atom stereocenters. The quantitative estimate of drug-likeness (QED) is 0.129. The largest absolute Gasteiger partial charge is 0.444 e. The number of likely N-dealkylation sites (tertiary alicyclic amines) is 4. The van der Waals surface area contributed by atoms with Crippen LogP contribution in [0.2, 0.25) is 0 Å². The maximum absolute atomic E-state index is 14.4. The number of halogens is 6. The number of alkyl carbamates (subject to hydrolysis) is 2. The minimum absolute atomic E-state index is 0.0347. The van der Waals surface area contributed by atoms with Gasteiger partial charge in [-0.15, -0.1) is 0 Å². The fourth-order valence-corrected chi connectivity index (χ4v) is 10.6. The summed E-state index contributed by atoms with van der Waals surface area (Å²) in [5, 5.41) is 14.5. The second-order valence-electron chi connectivity index (χ2n) is 22.7. The summed E-state index contributed by atoms with van der Waals surface area (Å²) in [4.78, 5) is 95.8. The van der Waals surface area contributed by atoms with Gasteiger partial charge in [-0.05, 0) is 116 Å². The number of nitrogens with one attached hydrogen (secondary N) is 2. The van der Waals surface area contributed by atoms with Crippen molar-refractivity contribution in [2.45, 2.75) is 141 Å². The van der Waals surface area contributed by atoms with Crippen LogP contribution in [-0.2, 0) is 46.3 Å². The van der Waals surface area contributed by atoms with Crippen LogP contribution < -0.4 is 16.4 Å². The predicted octanol–water partition coefficient (Wildman–Crippen LogP) is 5.55. The van der Waals surface area contributed by atoms with Crippen molar-refractivity contribution < 1.29 is 69.4 Å². The van der Waals surface area contributed by atoms with Crippen molar-refractivity contribution in [2.75, 3.05) is 39.3 Å². The molecule has 4 aliphatic heterocycles. The summed E-state index contributed by atoms with van der Waals surface area (Å²) in [7, 11) is 0. The Morgan fingerprint density at radius 1 is 0.627 bits per heavy atom. The van der Waals surface area contributed by atoms with E-state index >= 15 is 0 Å². The maximum Gasteiger partial charge on any atom is 0.407 e. The highest BCUT2D eigenvalue weighted by Gasteiger charge is 2.59. The normalized spacial score (nSPS) is 22.7. The Morgan fingerprint density at radius 2 is 1.01 bits per heavy atom. The van der Waals surface area contributed by atoms with Crippen LogP contribution in [0.1, 0.15) is 104 Å². The first-order valence-electron chi connectivity index (χ1n) is 25.2. The third-order valence-corrected chi connectivity index (χ3v) is 14.7. The Morgan fingerprint density at radius 3 is 1.36 bits per heavy atom. The van der Waals surface area contributed by atoms with Crippen LogP contribution in [0.15, 0.2) is 24.3 Å². The molecule has 408 valence electrons. The molecule has 6 fully saturated rings. The Bertz CT molecular complexity index is 2650. The molecule has 0 unspecified atom stereocenters. The topological polar surface area (TPSA) is 225 Å². The van der Waals surface area contributed by atoms with Gasteiger partial charge in [-0.1, -0.05) is 0 Å². The van der Waals surface area contributed by atoms with Gasteiger partial charge in [0, 0.05) is 88.2 Å². The summed E-state index contributed by atoms with van der Waals surface area (Å²) in [6, 6.07) is 1.99. The number of nitriles is 1. The third kappa shape index (κ3) is 13.1. The first-order valence-corrected chi connectivity index (χ1v) is 25.2. The van der Waals surface area contributed by atoms with Gasteiger partial charge in [-0.25, -0.2) is 35.9 Å². The number of ether oxygens (including phenoxy) is 2. The van der Waals surface area contributed by atoms with Crippen LogP contribution in [0.25, 0.3) is 0 Å². The number of hydrogen-bond donors (Lipinski definition) is 3. The van der Waals surface area contributed by atoms with Crippen molar-refractivity contribution in [3.05, 3.63) is 70.3 Å². The minimum atomic E-state index is -1.34. The van der Waals surface area contributed by atoms with Crippen LogP contribution in [-0.4, -0.2) is 136 Å². The highest BCUT2D eigenvalue weighted by molar-refractivity contribution is 6.07. The number of hydrogen-bond acceptors (Lipinski definition) is 10. The predicted molar refractivity (Wildman–Crippen MR) is 254 cm³/mol. The zero-order valence-corrected chi connectivity index (χ0v) is 42.8. The molecule has 6 aliphatic rings. The maximum atomic E-state index is 14.4. The average Bonchev–Trinajstić information content (AvgIpc) is 4.07. The van der Waals surface area contributed by atoms with Crippen molar-refractivity contribution in [1.82, 2.24) is 30.2 Å². The number of benzene rings is 2. The lowest BCUT2D eigenvalue weighted by Gasteiger charge is -2.29. The zero-order valence-electron chi connectivity index (χ0n) is 42.8. The number of carbonyl (C=O) groups is 7. The van der Waals surface area contributed by atoms with Crippen molar-refractivity contribution >= 4 is 41.7 Å². The van der Waals surface area contributed by atoms with E-state index in [9.17, 15) is 65.2 Å². The average molecular weight is 1060 g/mol. The molecule has 17 nitrogen and oxygen atoms in total. The van der Waals surface area contributed by atoms with Gasteiger partial charge in [0.1, 0.15) is 33.7 Å². The van der Waals surface area contributed by atoms with Gasteiger partial charge >= 0.3 is 12.2 Å². The van der Waals surface area contributed by atoms with E-state index in [1.165, 1.54) is 0 Å². The molecule has 2 aromatic rings. The SMILES string of the molecule is CC(C)(C)OC(=O)N[C@@H](CC(=O)N1CC[C@H]2CN(C(=O)C3(C#N)CC3)C[C@H]21)Cc1cc(F)c(F)cc1F.CC(C)(C)OC(=O)N[C@@H](CC(=O)N1CC[C@H]2CN(C(=O)C3(C(N)=O)CC3)C[C@H]21)Cc1cc(F)c(F)cc1F. The number of rotatable bonds is 13. The zero-order chi connectivity index (χ0) is 55.1. The molecule has 23 heteroatoms. The van der Waals surface area contributed by atoms with Crippen LogP contribution in [0, 0.1) is 68.9 Å². The third-order valence-electron chi connectivity index (χ3n) is 14.7. The second kappa shape index (κ2) is 21.6. The van der Waals surface area contributed by atoms with Gasteiger partial charge in [0.05, 0.1) is 18.2 Å². The highest BCUT2D eigenvalue weighted by Crippen LogP contribution is 2.49. The van der Waals surface area contributed by atoms with Crippen LogP contribution in [0.4, 0.5) is 35.9 Å². The van der Waals surface area contributed by atoms with E-state index in [4.69, 9.17) is 15.2 Å². The molecule has 8 rings (SSSR count). The van der Waals surface area contributed by atoms with E-state index in [1.807, 2.05) is 0 Å². The molecule has 2 saturated carbocycles. The van der Waals surface area contributed by atoms with Crippen LogP contribution in [0.5, 0.6) is 0 Å². The number of primary amides is 1. The van der Waals surface area contributed by atoms with Gasteiger partial charge in [0.15, 0.2) is 23.3 Å². The molecule has 2 aromatic carbocycles. The monoisotopic (exact) mass is 1060 g/mol. The second-order valence-corrected chi connectivity index (χ2v) is 22.7. The Labute approximate surface area is 430 Å². The molecule has 0 spiro atoms. The van der Waals surface area contributed by atoms with E-state index in [1.54, 1.807) is 61.1 Å². The molecule has 0 bridgehead atoms. The van der Waals surface area contributed by atoms with Gasteiger partial charge in [0.2, 0.25) is 29.5 Å². The van der Waals surface area contributed by atoms with Gasteiger partial charge < -0.3 is 45.4 Å². The van der Waals surface area contributed by atoms with Crippen LogP contribution in [0.3, 0.4) is 0 Å². The molecule has 2 aliphatic carbocycles. The van der Waals surface area contributed by atoms with E-state index in [2.05, 4.69) is 16.7 Å². The summed E-state index contributed by atoms with van der Waals surface area (Å²) in [6.45, 7) is 12.4. The van der Waals surface area contributed by atoms with E-state index < -0.39 is 87.1 Å². The first-order chi connectivity index (χ1) is 35.0. The Balaban J connectivity index is 0.000000219. The number of amides is 7. The van der Waals surface area contributed by atoms with Crippen molar-refractivity contribution in [3.8, 4) is 6.07 Å². The summed E-state index contributed by atoms with van der Waals surface area (Å²) >= 11 is 0. The molecule has 4 heterocycles. The fraction of sp³-hybridized carbons (Fsp3) is 0.615. The molecular weight excluding hydrogens is 995 g/mol. The molecule has 0 aromatic heterocycles. The summed E-state index contributed by atoms with van der Waals surface area (Å²) in [5.74, 6) is -8.78. The summed E-state index contributed by atoms with van der Waals surface area (Å²) in [5.41, 5.74) is 1.35. The standard InChI is InChI=1S/C26H33F3N4O5.C26H31F3N4O4/c1-25(2,3)38-24(37)31-16(8-15-9-18(28)19(29)11-17(15)27)10-21(34)33-7-4-14-12-32(13-20(14)33)23(36)26(5-6-26)22(30)35;1-25(2,3)37-24(36)31-17(8-16-9-19(28)20(29)11-18(16)27)10-22(34)33-7-4-15-12-32(13-21(15)33)23(35)26(14-30)5-6-26/h9,11,14,16,20H,4-8,10,12-13H2,1-3H3,(H2,30,35)(H,31,37);9,11,15,17,21H,4-8,10,12-13H2,1-3H3,(H,31,36)/t14-,16+,20+;15-,17+,21+/m00/s1. The first kappa shape index (κ1) is 56.1. The van der Waals surface area contributed by atoms with Crippen molar-refractivity contribution in [3.63, 3.8) is 0 Å². The molecule has 75 heavy (non-hydrogen) atoms. The molecule has 7 amide bonds.